The van der Waals surface area contributed by atoms with E-state index in [0.717, 1.165) is 0 Å². The highest BCUT2D eigenvalue weighted by molar-refractivity contribution is 5.95. The first-order valence-electron chi connectivity index (χ1n) is 6.34. The van der Waals surface area contributed by atoms with Crippen molar-refractivity contribution in [2.45, 2.75) is 26.7 Å². The summed E-state index contributed by atoms with van der Waals surface area (Å²) in [4.78, 5) is 33.3. The van der Waals surface area contributed by atoms with Crippen molar-refractivity contribution in [3.05, 3.63) is 39.9 Å². The number of nitro benzene ring substituents is 1. The number of carbonyl (C=O) groups excluding carboxylic acids is 2. The van der Waals surface area contributed by atoms with Crippen molar-refractivity contribution in [2.24, 2.45) is 5.92 Å². The van der Waals surface area contributed by atoms with Gasteiger partial charge in [0.25, 0.3) is 11.6 Å². The van der Waals surface area contributed by atoms with Gasteiger partial charge in [0, 0.05) is 23.6 Å². The standard InChI is InChI=1S/C13H17N3O4/c1-3-9(4-2)12(17)14-15-13(18)10-5-7-11(8-6-10)16(19)20/h5-9H,3-4H2,1-2H3,(H,14,17)(H,15,18). The Hall–Kier alpha value is -2.44. The molecule has 0 fully saturated rings. The summed E-state index contributed by atoms with van der Waals surface area (Å²) < 4.78 is 0. The summed E-state index contributed by atoms with van der Waals surface area (Å²) in [5.41, 5.74) is 4.78. The van der Waals surface area contributed by atoms with E-state index in [1.807, 2.05) is 13.8 Å². The molecule has 0 aliphatic rings. The Morgan fingerprint density at radius 3 is 2.15 bits per heavy atom. The third-order valence-corrected chi connectivity index (χ3v) is 3.00. The van der Waals surface area contributed by atoms with Gasteiger partial charge in [-0.1, -0.05) is 13.8 Å². The molecule has 108 valence electrons. The van der Waals surface area contributed by atoms with Crippen molar-refractivity contribution in [2.75, 3.05) is 0 Å². The van der Waals surface area contributed by atoms with Gasteiger partial charge in [0.2, 0.25) is 5.91 Å². The fourth-order valence-electron chi connectivity index (χ4n) is 1.69. The largest absolute Gasteiger partial charge is 0.273 e. The molecule has 0 aromatic heterocycles. The zero-order chi connectivity index (χ0) is 15.1. The van der Waals surface area contributed by atoms with Crippen LogP contribution in [-0.4, -0.2) is 16.7 Å². The van der Waals surface area contributed by atoms with Gasteiger partial charge in [0.1, 0.15) is 0 Å². The van der Waals surface area contributed by atoms with E-state index >= 15 is 0 Å². The molecular formula is C13H17N3O4. The highest BCUT2D eigenvalue weighted by atomic mass is 16.6. The van der Waals surface area contributed by atoms with Crippen LogP contribution in [0, 0.1) is 16.0 Å². The second-order valence-corrected chi connectivity index (χ2v) is 4.26. The molecule has 0 unspecified atom stereocenters. The Morgan fingerprint density at radius 1 is 1.15 bits per heavy atom. The lowest BCUT2D eigenvalue weighted by atomic mass is 10.0. The van der Waals surface area contributed by atoms with Gasteiger partial charge in [-0.2, -0.15) is 0 Å². The van der Waals surface area contributed by atoms with E-state index in [2.05, 4.69) is 10.9 Å². The molecular weight excluding hydrogens is 262 g/mol. The van der Waals surface area contributed by atoms with Crippen molar-refractivity contribution in [3.63, 3.8) is 0 Å². The molecule has 0 saturated heterocycles. The fourth-order valence-corrected chi connectivity index (χ4v) is 1.69. The number of nitro groups is 1. The minimum atomic E-state index is -0.545. The smallest absolute Gasteiger partial charge is 0.269 e. The fraction of sp³-hybridized carbons (Fsp3) is 0.385. The molecule has 0 spiro atoms. The number of nitrogens with one attached hydrogen (secondary N) is 2. The van der Waals surface area contributed by atoms with Crippen LogP contribution in [0.2, 0.25) is 0 Å². The topological polar surface area (TPSA) is 101 Å². The number of carbonyl (C=O) groups is 2. The Kier molecular flexibility index (Phi) is 5.64. The maximum Gasteiger partial charge on any atom is 0.269 e. The second kappa shape index (κ2) is 7.22. The maximum absolute atomic E-state index is 11.7. The molecule has 0 aliphatic carbocycles. The van der Waals surface area contributed by atoms with Crippen molar-refractivity contribution < 1.29 is 14.5 Å². The van der Waals surface area contributed by atoms with Gasteiger partial charge in [-0.05, 0) is 25.0 Å². The van der Waals surface area contributed by atoms with E-state index in [1.165, 1.54) is 24.3 Å². The summed E-state index contributed by atoms with van der Waals surface area (Å²) in [5, 5.41) is 10.5. The first-order chi connectivity index (χ1) is 9.49. The summed E-state index contributed by atoms with van der Waals surface area (Å²) in [7, 11) is 0. The molecule has 0 bridgehead atoms. The average Bonchev–Trinajstić information content (AvgIpc) is 2.46. The molecule has 0 aliphatic heterocycles. The number of nitrogens with zero attached hydrogens (tertiary/aromatic N) is 1. The van der Waals surface area contributed by atoms with Gasteiger partial charge < -0.3 is 0 Å². The Morgan fingerprint density at radius 2 is 1.70 bits per heavy atom. The lowest BCUT2D eigenvalue weighted by Gasteiger charge is -2.13. The Bertz CT molecular complexity index is 495. The van der Waals surface area contributed by atoms with Crippen LogP contribution in [0.15, 0.2) is 24.3 Å². The van der Waals surface area contributed by atoms with Crippen LogP contribution in [0.4, 0.5) is 5.69 Å². The first-order valence-corrected chi connectivity index (χ1v) is 6.34. The zero-order valence-electron chi connectivity index (χ0n) is 11.4. The van der Waals surface area contributed by atoms with Crippen molar-refractivity contribution in [3.8, 4) is 0 Å². The SMILES string of the molecule is CCC(CC)C(=O)NNC(=O)c1ccc([N+](=O)[O-])cc1. The predicted molar refractivity (Wildman–Crippen MR) is 72.8 cm³/mol. The van der Waals surface area contributed by atoms with E-state index in [4.69, 9.17) is 0 Å². The van der Waals surface area contributed by atoms with Gasteiger partial charge in [-0.15, -0.1) is 0 Å². The van der Waals surface area contributed by atoms with Crippen LogP contribution in [0.25, 0.3) is 0 Å². The molecule has 0 atom stereocenters. The summed E-state index contributed by atoms with van der Waals surface area (Å²) in [6.45, 7) is 3.79. The van der Waals surface area contributed by atoms with Gasteiger partial charge in [0.05, 0.1) is 4.92 Å². The average molecular weight is 279 g/mol. The Labute approximate surface area is 116 Å². The Balaban J connectivity index is 2.59. The van der Waals surface area contributed by atoms with E-state index in [-0.39, 0.29) is 23.1 Å². The van der Waals surface area contributed by atoms with Gasteiger partial charge in [-0.25, -0.2) is 0 Å². The number of benzene rings is 1. The second-order valence-electron chi connectivity index (χ2n) is 4.26. The lowest BCUT2D eigenvalue weighted by molar-refractivity contribution is -0.384. The minimum absolute atomic E-state index is 0.0948. The van der Waals surface area contributed by atoms with Crippen LogP contribution in [0.1, 0.15) is 37.0 Å². The number of non-ortho nitro benzene ring substituents is 1. The van der Waals surface area contributed by atoms with E-state index < -0.39 is 10.8 Å². The first kappa shape index (κ1) is 15.6. The third kappa shape index (κ3) is 4.04. The molecule has 7 nitrogen and oxygen atoms in total. The normalized spacial score (nSPS) is 10.2. The monoisotopic (exact) mass is 279 g/mol. The van der Waals surface area contributed by atoms with E-state index in [9.17, 15) is 19.7 Å². The number of rotatable bonds is 5. The minimum Gasteiger partial charge on any atom is -0.273 e. The maximum atomic E-state index is 11.7. The van der Waals surface area contributed by atoms with Crippen LogP contribution >= 0.6 is 0 Å². The van der Waals surface area contributed by atoms with E-state index in [1.54, 1.807) is 0 Å². The molecule has 0 saturated carbocycles. The van der Waals surface area contributed by atoms with Gasteiger partial charge in [0.15, 0.2) is 0 Å². The highest BCUT2D eigenvalue weighted by Gasteiger charge is 2.15. The molecule has 7 heteroatoms. The number of amides is 2. The molecule has 2 amide bonds. The molecule has 20 heavy (non-hydrogen) atoms. The van der Waals surface area contributed by atoms with Crippen molar-refractivity contribution in [1.82, 2.24) is 10.9 Å². The van der Waals surface area contributed by atoms with Crippen molar-refractivity contribution >= 4 is 17.5 Å². The predicted octanol–water partition coefficient (Wildman–Crippen LogP) is 1.79. The summed E-state index contributed by atoms with van der Waals surface area (Å²) in [6.07, 6.45) is 1.38. The lowest BCUT2D eigenvalue weighted by Crippen LogP contribution is -2.44. The summed E-state index contributed by atoms with van der Waals surface area (Å²) in [6, 6.07) is 5.13. The summed E-state index contributed by atoms with van der Waals surface area (Å²) >= 11 is 0. The van der Waals surface area contributed by atoms with Crippen LogP contribution in [-0.2, 0) is 4.79 Å². The van der Waals surface area contributed by atoms with Gasteiger partial charge >= 0.3 is 0 Å². The van der Waals surface area contributed by atoms with Crippen LogP contribution in [0.5, 0.6) is 0 Å². The van der Waals surface area contributed by atoms with Crippen LogP contribution in [0.3, 0.4) is 0 Å². The third-order valence-electron chi connectivity index (χ3n) is 3.00. The molecule has 2 N–H and O–H groups in total. The molecule has 1 aromatic rings. The highest BCUT2D eigenvalue weighted by Crippen LogP contribution is 2.11. The molecule has 1 rings (SSSR count). The molecule has 1 aromatic carbocycles. The van der Waals surface area contributed by atoms with Crippen LogP contribution < -0.4 is 10.9 Å². The quantitative estimate of drug-likeness (QED) is 0.633. The zero-order valence-corrected chi connectivity index (χ0v) is 11.4. The number of hydrogen-bond acceptors (Lipinski definition) is 4. The summed E-state index contributed by atoms with van der Waals surface area (Å²) in [5.74, 6) is -0.906. The van der Waals surface area contributed by atoms with Crippen molar-refractivity contribution in [1.29, 1.82) is 0 Å². The van der Waals surface area contributed by atoms with E-state index in [0.29, 0.717) is 12.8 Å². The number of hydrazine groups is 1. The molecule has 0 heterocycles. The van der Waals surface area contributed by atoms with Gasteiger partial charge in [-0.3, -0.25) is 30.6 Å². The molecule has 0 radical (unpaired) electrons. The number of hydrogen-bond donors (Lipinski definition) is 2.